The van der Waals surface area contributed by atoms with Crippen molar-refractivity contribution in [3.8, 4) is 28.9 Å². The van der Waals surface area contributed by atoms with Crippen molar-refractivity contribution in [2.24, 2.45) is 10.7 Å². The molecule has 47 heavy (non-hydrogen) atoms. The second-order valence-corrected chi connectivity index (χ2v) is 11.8. The molecule has 0 saturated heterocycles. The van der Waals surface area contributed by atoms with Crippen molar-refractivity contribution in [3.63, 3.8) is 0 Å². The average molecular weight is 664 g/mol. The van der Waals surface area contributed by atoms with Crippen molar-refractivity contribution in [2.45, 2.75) is 29.6 Å². The maximum atomic E-state index is 15.7. The fraction of sp³-hybridized carbons (Fsp3) is 0.212. The number of nitrogens with one attached hydrogen (secondary N) is 1. The maximum Gasteiger partial charge on any atom is 0.306 e. The number of phenolic OH excluding ortho intramolecular Hbond substituents is 1. The first-order chi connectivity index (χ1) is 22.5. The van der Waals surface area contributed by atoms with E-state index in [1.165, 1.54) is 30.3 Å². The number of hydrogen-bond acceptors (Lipinski definition) is 10. The van der Waals surface area contributed by atoms with Gasteiger partial charge in [-0.05, 0) is 67.4 Å². The summed E-state index contributed by atoms with van der Waals surface area (Å²) in [6.07, 6.45) is 1.42. The zero-order valence-corrected chi connectivity index (χ0v) is 26.3. The highest BCUT2D eigenvalue weighted by atomic mass is 32.2. The zero-order chi connectivity index (χ0) is 33.7. The van der Waals surface area contributed by atoms with Gasteiger partial charge in [0.25, 0.3) is 5.88 Å². The Hall–Kier alpha value is -5.37. The lowest BCUT2D eigenvalue weighted by molar-refractivity contribution is -0.143. The number of benzene rings is 3. The number of esters is 1. The Labute approximate surface area is 271 Å². The molecular formula is C33H31F2N5O6S. The first-order valence-corrected chi connectivity index (χ1v) is 15.6. The van der Waals surface area contributed by atoms with E-state index in [4.69, 9.17) is 25.4 Å². The molecule has 14 heteroatoms. The maximum absolute atomic E-state index is 15.7. The molecule has 0 amide bonds. The van der Waals surface area contributed by atoms with Crippen molar-refractivity contribution >= 4 is 28.4 Å². The van der Waals surface area contributed by atoms with Crippen LogP contribution in [-0.2, 0) is 26.8 Å². The van der Waals surface area contributed by atoms with Gasteiger partial charge in [0.05, 0.1) is 35.7 Å². The highest BCUT2D eigenvalue weighted by Crippen LogP contribution is 2.38. The average Bonchev–Trinajstić information content (AvgIpc) is 3.49. The molecule has 4 N–H and O–H groups in total. The standard InChI is InChI=1S/C33H31F2N5O6S/c1-3-44-28(42)13-6-19-4-8-21(9-5-19)47(43)22-10-12-26(23(17-22)32-38-14-15-40(32)2)45-30-24(34)18-39-33(29(30)35)46-27-16-20(31(36)37)7-11-25(27)41/h4-5,7-12,16-18,41H,3,6,13-15H2,1-2H3,(H3,36,37). The molecule has 1 atom stereocenters. The molecule has 244 valence electrons. The second-order valence-electron chi connectivity index (χ2n) is 10.4. The quantitative estimate of drug-likeness (QED) is 0.104. The fourth-order valence-electron chi connectivity index (χ4n) is 4.68. The van der Waals surface area contributed by atoms with Gasteiger partial charge in [0.1, 0.15) is 17.4 Å². The molecule has 2 heterocycles. The van der Waals surface area contributed by atoms with Crippen LogP contribution in [0, 0.1) is 17.0 Å². The van der Waals surface area contributed by atoms with Crippen LogP contribution in [0.25, 0.3) is 0 Å². The molecular weight excluding hydrogens is 632 g/mol. The highest BCUT2D eigenvalue weighted by Gasteiger charge is 2.25. The number of carbonyl (C=O) groups is 1. The molecule has 0 spiro atoms. The van der Waals surface area contributed by atoms with Crippen LogP contribution in [0.3, 0.4) is 0 Å². The van der Waals surface area contributed by atoms with E-state index < -0.39 is 34.1 Å². The van der Waals surface area contributed by atoms with Gasteiger partial charge in [-0.2, -0.15) is 4.39 Å². The van der Waals surface area contributed by atoms with E-state index in [1.54, 1.807) is 44.3 Å². The smallest absolute Gasteiger partial charge is 0.306 e. The number of nitrogens with two attached hydrogens (primary N) is 1. The van der Waals surface area contributed by atoms with Gasteiger partial charge in [0, 0.05) is 35.4 Å². The van der Waals surface area contributed by atoms with E-state index in [-0.39, 0.29) is 41.0 Å². The molecule has 0 radical (unpaired) electrons. The van der Waals surface area contributed by atoms with Gasteiger partial charge in [0.15, 0.2) is 17.3 Å². The molecule has 4 aromatic rings. The van der Waals surface area contributed by atoms with Crippen LogP contribution in [-0.4, -0.2) is 63.6 Å². The molecule has 3 aromatic carbocycles. The van der Waals surface area contributed by atoms with E-state index in [2.05, 4.69) is 9.98 Å². The number of nitrogens with zero attached hydrogens (tertiary/aromatic N) is 3. The topological polar surface area (TPSA) is 160 Å². The van der Waals surface area contributed by atoms with Crippen LogP contribution in [0.4, 0.5) is 8.78 Å². The number of ether oxygens (including phenoxy) is 3. The van der Waals surface area contributed by atoms with Gasteiger partial charge in [-0.15, -0.1) is 0 Å². The molecule has 0 bridgehead atoms. The van der Waals surface area contributed by atoms with Gasteiger partial charge in [-0.1, -0.05) is 12.1 Å². The Kier molecular flexibility index (Phi) is 10.1. The number of phenols is 1. The number of likely N-dealkylation sites (N-methyl/N-ethyl adjacent to an activating group) is 1. The summed E-state index contributed by atoms with van der Waals surface area (Å²) < 4.78 is 60.5. The molecule has 1 aromatic heterocycles. The lowest BCUT2D eigenvalue weighted by Gasteiger charge is -2.19. The molecule has 1 unspecified atom stereocenters. The van der Waals surface area contributed by atoms with Crippen molar-refractivity contribution < 1.29 is 37.1 Å². The summed E-state index contributed by atoms with van der Waals surface area (Å²) in [6.45, 7) is 3.13. The van der Waals surface area contributed by atoms with Gasteiger partial charge in [-0.25, -0.2) is 13.6 Å². The van der Waals surface area contributed by atoms with Crippen molar-refractivity contribution in [2.75, 3.05) is 26.7 Å². The Morgan fingerprint density at radius 1 is 1.06 bits per heavy atom. The van der Waals surface area contributed by atoms with Gasteiger partial charge in [0.2, 0.25) is 11.6 Å². The number of aromatic nitrogens is 1. The van der Waals surface area contributed by atoms with Crippen LogP contribution in [0.5, 0.6) is 28.9 Å². The molecule has 0 fully saturated rings. The Bertz CT molecular complexity index is 1890. The van der Waals surface area contributed by atoms with E-state index in [0.29, 0.717) is 53.5 Å². The molecule has 5 rings (SSSR count). The number of aryl methyl sites for hydroxylation is 1. The minimum atomic E-state index is -1.64. The van der Waals surface area contributed by atoms with Crippen molar-refractivity contribution in [3.05, 3.63) is 95.2 Å². The summed E-state index contributed by atoms with van der Waals surface area (Å²) in [5.41, 5.74) is 6.94. The third kappa shape index (κ3) is 7.55. The van der Waals surface area contributed by atoms with E-state index in [1.807, 2.05) is 4.90 Å². The van der Waals surface area contributed by atoms with Crippen LogP contribution in [0.15, 0.2) is 81.6 Å². The number of aliphatic imine (C=N–C) groups is 1. The van der Waals surface area contributed by atoms with E-state index in [9.17, 15) is 18.5 Å². The summed E-state index contributed by atoms with van der Waals surface area (Å²) in [5, 5.41) is 17.8. The molecule has 1 aliphatic rings. The Morgan fingerprint density at radius 2 is 1.81 bits per heavy atom. The summed E-state index contributed by atoms with van der Waals surface area (Å²) >= 11 is 0. The molecule has 0 saturated carbocycles. The van der Waals surface area contributed by atoms with Gasteiger partial charge < -0.3 is 30.0 Å². The third-order valence-corrected chi connectivity index (χ3v) is 8.50. The van der Waals surface area contributed by atoms with Crippen LogP contribution in [0.2, 0.25) is 0 Å². The Balaban J connectivity index is 1.44. The number of nitrogen functional groups attached to an aromatic ring is 1. The predicted octanol–water partition coefficient (Wildman–Crippen LogP) is 5.29. The van der Waals surface area contributed by atoms with E-state index >= 15 is 4.39 Å². The number of pyridine rings is 1. The van der Waals surface area contributed by atoms with Crippen LogP contribution in [0.1, 0.15) is 30.0 Å². The number of rotatable bonds is 12. The third-order valence-electron chi connectivity index (χ3n) is 7.11. The second kappa shape index (κ2) is 14.4. The van der Waals surface area contributed by atoms with E-state index in [0.717, 1.165) is 5.56 Å². The summed E-state index contributed by atoms with van der Waals surface area (Å²) in [5.74, 6) is -4.68. The predicted molar refractivity (Wildman–Crippen MR) is 170 cm³/mol. The van der Waals surface area contributed by atoms with Gasteiger partial charge in [-0.3, -0.25) is 15.2 Å². The van der Waals surface area contributed by atoms with Gasteiger partial charge >= 0.3 is 5.97 Å². The first-order valence-electron chi connectivity index (χ1n) is 14.5. The minimum Gasteiger partial charge on any atom is -0.504 e. The molecule has 1 aliphatic heterocycles. The number of carbonyl (C=O) groups excluding carboxylic acids is 1. The van der Waals surface area contributed by atoms with Crippen LogP contribution >= 0.6 is 0 Å². The normalized spacial score (nSPS) is 13.2. The first kappa shape index (κ1) is 33.0. The number of halogens is 2. The van der Waals surface area contributed by atoms with Crippen molar-refractivity contribution in [1.82, 2.24) is 9.88 Å². The number of aromatic hydroxyl groups is 1. The molecule has 11 nitrogen and oxygen atoms in total. The summed E-state index contributed by atoms with van der Waals surface area (Å²) in [4.78, 5) is 22.6. The number of hydrogen-bond donors (Lipinski definition) is 3. The highest BCUT2D eigenvalue weighted by molar-refractivity contribution is 7.85. The largest absolute Gasteiger partial charge is 0.504 e. The fourth-order valence-corrected chi connectivity index (χ4v) is 5.75. The number of amidine groups is 2. The Morgan fingerprint density at radius 3 is 2.49 bits per heavy atom. The minimum absolute atomic E-state index is 0.0314. The molecule has 0 aliphatic carbocycles. The van der Waals surface area contributed by atoms with Crippen molar-refractivity contribution in [1.29, 1.82) is 5.41 Å². The van der Waals surface area contributed by atoms with Crippen LogP contribution < -0.4 is 15.2 Å². The summed E-state index contributed by atoms with van der Waals surface area (Å²) in [7, 11) is 0.165. The zero-order valence-electron chi connectivity index (χ0n) is 25.5. The lowest BCUT2D eigenvalue weighted by atomic mass is 10.1. The monoisotopic (exact) mass is 663 g/mol. The summed E-state index contributed by atoms with van der Waals surface area (Å²) in [6, 6.07) is 15.4. The SMILES string of the molecule is CCOC(=O)CCc1ccc(S(=O)c2ccc(Oc3c(F)cnc(Oc4cc(C(=N)N)ccc4O)c3F)c(C3=NCCN3C)c2)cc1. The lowest BCUT2D eigenvalue weighted by Crippen LogP contribution is -2.24.